The highest BCUT2D eigenvalue weighted by atomic mass is 16.5. The van der Waals surface area contributed by atoms with Gasteiger partial charge in [0, 0.05) is 36.8 Å². The van der Waals surface area contributed by atoms with Gasteiger partial charge in [-0.15, -0.1) is 0 Å². The summed E-state index contributed by atoms with van der Waals surface area (Å²) in [4.78, 5) is 25.8. The van der Waals surface area contributed by atoms with Crippen molar-refractivity contribution >= 4 is 11.8 Å². The van der Waals surface area contributed by atoms with Crippen LogP contribution in [0.5, 0.6) is 0 Å². The molecule has 4 fully saturated rings. The summed E-state index contributed by atoms with van der Waals surface area (Å²) in [5.41, 5.74) is 3.32. The van der Waals surface area contributed by atoms with E-state index in [4.69, 9.17) is 9.47 Å². The van der Waals surface area contributed by atoms with Crippen molar-refractivity contribution in [1.29, 1.82) is 0 Å². The van der Waals surface area contributed by atoms with Gasteiger partial charge in [0.15, 0.2) is 5.78 Å². The number of hydrogen-bond donors (Lipinski definition) is 1. The van der Waals surface area contributed by atoms with Gasteiger partial charge >= 0.3 is 5.97 Å². The molecule has 1 spiro atoms. The van der Waals surface area contributed by atoms with Crippen LogP contribution < -0.4 is 5.32 Å². The fourth-order valence-electron chi connectivity index (χ4n) is 9.25. The van der Waals surface area contributed by atoms with Gasteiger partial charge in [0.1, 0.15) is 6.10 Å². The minimum absolute atomic E-state index is 0.0395. The summed E-state index contributed by atoms with van der Waals surface area (Å²) < 4.78 is 12.5. The average Bonchev–Trinajstić information content (AvgIpc) is 3.23. The SMILES string of the molecule is CC(=O)O[C@@H]1CC[C@@]2(C)C(=CC[C@@H]3[C@H]2C(=O)C2=C(C)[C@@]4(CC[C@@H]23)O[C@@H]2C[C@@H](C)CN[C@@H]2[C@@H]4C)C1. The number of esters is 1. The standard InChI is InChI=1S/C29H41NO4/c1-15-12-23-26(30-14-15)17(3)29(34-23)11-9-21-22-7-6-19-13-20(33-18(4)31)8-10-28(19,5)25(22)27(32)24(21)16(29)2/h6,15,17,20-23,25-26,30H,7-14H2,1-5H3/t15-,17+,20-,21-,22+,23-,25+,26-,28+,29-/m1/s1. The molecule has 0 radical (unpaired) electrons. The summed E-state index contributed by atoms with van der Waals surface area (Å²) >= 11 is 0. The molecule has 2 saturated carbocycles. The molecule has 4 aliphatic carbocycles. The molecule has 5 heteroatoms. The van der Waals surface area contributed by atoms with E-state index < -0.39 is 0 Å². The quantitative estimate of drug-likeness (QED) is 0.445. The molecule has 186 valence electrons. The van der Waals surface area contributed by atoms with Crippen molar-refractivity contribution in [3.8, 4) is 0 Å². The minimum Gasteiger partial charge on any atom is -0.462 e. The lowest BCUT2D eigenvalue weighted by atomic mass is 9.56. The summed E-state index contributed by atoms with van der Waals surface area (Å²) in [5.74, 6) is 2.06. The Morgan fingerprint density at radius 1 is 1.24 bits per heavy atom. The number of Topliss-reactive ketones (excluding diaryl/α,β-unsaturated/α-hetero) is 1. The fraction of sp³-hybridized carbons (Fsp3) is 0.793. The highest BCUT2D eigenvalue weighted by Gasteiger charge is 2.63. The van der Waals surface area contributed by atoms with Crippen molar-refractivity contribution in [1.82, 2.24) is 5.32 Å². The van der Waals surface area contributed by atoms with Crippen LogP contribution >= 0.6 is 0 Å². The molecule has 6 aliphatic rings. The molecule has 6 rings (SSSR count). The van der Waals surface area contributed by atoms with Crippen LogP contribution in [0.3, 0.4) is 0 Å². The highest BCUT2D eigenvalue weighted by molar-refractivity contribution is 6.02. The largest absolute Gasteiger partial charge is 0.462 e. The zero-order chi connectivity index (χ0) is 24.0. The number of carbonyl (C=O) groups excluding carboxylic acids is 2. The van der Waals surface area contributed by atoms with Crippen LogP contribution in [0, 0.1) is 35.0 Å². The van der Waals surface area contributed by atoms with Crippen molar-refractivity contribution in [2.45, 2.75) is 103 Å². The second kappa shape index (κ2) is 7.77. The molecule has 1 N–H and O–H groups in total. The molecule has 0 bridgehead atoms. The zero-order valence-corrected chi connectivity index (χ0v) is 21.5. The summed E-state index contributed by atoms with van der Waals surface area (Å²) in [7, 11) is 0. The summed E-state index contributed by atoms with van der Waals surface area (Å²) in [6, 6.07) is 0.393. The first-order valence-electron chi connectivity index (χ1n) is 13.7. The van der Waals surface area contributed by atoms with E-state index in [0.717, 1.165) is 57.1 Å². The molecule has 5 nitrogen and oxygen atoms in total. The van der Waals surface area contributed by atoms with Gasteiger partial charge in [-0.25, -0.2) is 0 Å². The molecular formula is C29H41NO4. The smallest absolute Gasteiger partial charge is 0.302 e. The normalized spacial score (nSPS) is 49.8. The number of ketones is 1. The fourth-order valence-corrected chi connectivity index (χ4v) is 9.25. The van der Waals surface area contributed by atoms with Crippen LogP contribution in [0.25, 0.3) is 0 Å². The number of ether oxygens (including phenoxy) is 2. The topological polar surface area (TPSA) is 64.6 Å². The Hall–Kier alpha value is -1.46. The molecule has 2 aliphatic heterocycles. The number of hydrogen-bond acceptors (Lipinski definition) is 5. The molecule has 10 atom stereocenters. The molecule has 2 saturated heterocycles. The lowest BCUT2D eigenvalue weighted by molar-refractivity contribution is -0.148. The molecule has 0 aromatic carbocycles. The summed E-state index contributed by atoms with van der Waals surface area (Å²) in [6.45, 7) is 11.7. The average molecular weight is 468 g/mol. The van der Waals surface area contributed by atoms with Gasteiger partial charge in [-0.05, 0) is 80.7 Å². The van der Waals surface area contributed by atoms with Gasteiger partial charge in [0.25, 0.3) is 0 Å². The lowest BCUT2D eigenvalue weighted by Crippen LogP contribution is -2.49. The second-order valence-corrected chi connectivity index (χ2v) is 12.7. The lowest BCUT2D eigenvalue weighted by Gasteiger charge is -2.48. The number of piperidine rings is 1. The van der Waals surface area contributed by atoms with E-state index in [1.807, 2.05) is 0 Å². The maximum absolute atomic E-state index is 14.3. The van der Waals surface area contributed by atoms with Gasteiger partial charge in [-0.1, -0.05) is 32.4 Å². The first kappa shape index (κ1) is 23.0. The maximum Gasteiger partial charge on any atom is 0.302 e. The van der Waals surface area contributed by atoms with Crippen molar-refractivity contribution in [2.75, 3.05) is 6.54 Å². The van der Waals surface area contributed by atoms with Gasteiger partial charge in [0.05, 0.1) is 11.7 Å². The van der Waals surface area contributed by atoms with Gasteiger partial charge in [-0.3, -0.25) is 9.59 Å². The van der Waals surface area contributed by atoms with Crippen LogP contribution in [0.15, 0.2) is 22.8 Å². The first-order valence-corrected chi connectivity index (χ1v) is 13.7. The molecule has 0 aromatic heterocycles. The first-order chi connectivity index (χ1) is 16.2. The van der Waals surface area contributed by atoms with Crippen molar-refractivity contribution in [3.63, 3.8) is 0 Å². The Kier molecular flexibility index (Phi) is 5.25. The number of allylic oxidation sites excluding steroid dienone is 2. The van der Waals surface area contributed by atoms with Gasteiger partial charge < -0.3 is 14.8 Å². The summed E-state index contributed by atoms with van der Waals surface area (Å²) in [5, 5.41) is 3.78. The van der Waals surface area contributed by atoms with E-state index in [2.05, 4.69) is 39.1 Å². The van der Waals surface area contributed by atoms with Crippen molar-refractivity contribution in [2.24, 2.45) is 35.0 Å². The van der Waals surface area contributed by atoms with Crippen molar-refractivity contribution in [3.05, 3.63) is 22.8 Å². The van der Waals surface area contributed by atoms with Crippen LogP contribution in [-0.2, 0) is 19.1 Å². The van der Waals surface area contributed by atoms with E-state index in [0.29, 0.717) is 35.5 Å². The second-order valence-electron chi connectivity index (χ2n) is 12.7. The number of rotatable bonds is 1. The third kappa shape index (κ3) is 3.05. The third-order valence-corrected chi connectivity index (χ3v) is 10.9. The van der Waals surface area contributed by atoms with Crippen LogP contribution in [-0.4, -0.2) is 42.1 Å². The van der Waals surface area contributed by atoms with Crippen LogP contribution in [0.2, 0.25) is 0 Å². The molecule has 0 amide bonds. The van der Waals surface area contributed by atoms with Crippen LogP contribution in [0.4, 0.5) is 0 Å². The van der Waals surface area contributed by atoms with Crippen LogP contribution in [0.1, 0.15) is 79.6 Å². The molecule has 0 aromatic rings. The highest BCUT2D eigenvalue weighted by Crippen LogP contribution is 2.63. The Labute approximate surface area is 204 Å². The predicted octanol–water partition coefficient (Wildman–Crippen LogP) is 4.75. The minimum atomic E-state index is -0.286. The number of fused-ring (bicyclic) bond motifs is 6. The molecule has 0 unspecified atom stereocenters. The Balaban J connectivity index is 1.33. The van der Waals surface area contributed by atoms with Gasteiger partial charge in [0.2, 0.25) is 0 Å². The molecular weight excluding hydrogens is 426 g/mol. The number of carbonyl (C=O) groups is 2. The Morgan fingerprint density at radius 3 is 2.79 bits per heavy atom. The number of nitrogens with one attached hydrogen (secondary N) is 1. The maximum atomic E-state index is 14.3. The summed E-state index contributed by atoms with van der Waals surface area (Å²) in [6.07, 6.45) is 9.37. The van der Waals surface area contributed by atoms with Crippen molar-refractivity contribution < 1.29 is 19.1 Å². The molecule has 34 heavy (non-hydrogen) atoms. The van der Waals surface area contributed by atoms with E-state index in [9.17, 15) is 9.59 Å². The van der Waals surface area contributed by atoms with E-state index in [1.54, 1.807) is 0 Å². The van der Waals surface area contributed by atoms with Gasteiger partial charge in [-0.2, -0.15) is 0 Å². The van der Waals surface area contributed by atoms with E-state index in [-0.39, 0.29) is 35.1 Å². The molecule has 2 heterocycles. The third-order valence-electron chi connectivity index (χ3n) is 10.9. The Morgan fingerprint density at radius 2 is 2.03 bits per heavy atom. The van der Waals surface area contributed by atoms with E-state index in [1.165, 1.54) is 18.1 Å². The zero-order valence-electron chi connectivity index (χ0n) is 21.5. The monoisotopic (exact) mass is 467 g/mol. The Bertz CT molecular complexity index is 983. The predicted molar refractivity (Wildman–Crippen MR) is 130 cm³/mol. The van der Waals surface area contributed by atoms with E-state index >= 15 is 0 Å².